The minimum atomic E-state index is 0.649. The van der Waals surface area contributed by atoms with Gasteiger partial charge in [0.05, 0.1) is 11.0 Å². The molecule has 0 saturated carbocycles. The Morgan fingerprint density at radius 3 is 1.44 bits per heavy atom. The van der Waals surface area contributed by atoms with Gasteiger partial charge in [0.25, 0.3) is 0 Å². The van der Waals surface area contributed by atoms with Gasteiger partial charge in [-0.2, -0.15) is 0 Å². The number of benzene rings is 7. The van der Waals surface area contributed by atoms with Crippen molar-refractivity contribution in [2.75, 3.05) is 0 Å². The predicted octanol–water partition coefficient (Wildman–Crippen LogP) is 12.0. The molecule has 50 heavy (non-hydrogen) atoms. The zero-order valence-electron chi connectivity index (χ0n) is 26.9. The number of nitrogens with zero attached hydrogens (tertiary/aromatic N) is 4. The van der Waals surface area contributed by atoms with Crippen molar-refractivity contribution in [3.8, 4) is 51.0 Å². The van der Waals surface area contributed by atoms with Gasteiger partial charge in [-0.15, -0.1) is 11.3 Å². The topological polar surface area (TPSA) is 43.6 Å². The van der Waals surface area contributed by atoms with E-state index < -0.39 is 0 Å². The van der Waals surface area contributed by atoms with E-state index in [0.717, 1.165) is 38.1 Å². The van der Waals surface area contributed by atoms with Crippen molar-refractivity contribution in [3.05, 3.63) is 170 Å². The van der Waals surface area contributed by atoms with E-state index >= 15 is 0 Å². The van der Waals surface area contributed by atoms with E-state index in [0.29, 0.717) is 17.5 Å². The van der Waals surface area contributed by atoms with Gasteiger partial charge in [-0.1, -0.05) is 146 Å². The maximum Gasteiger partial charge on any atom is 0.165 e. The largest absolute Gasteiger partial charge is 0.309 e. The van der Waals surface area contributed by atoms with E-state index in [1.54, 1.807) is 0 Å². The van der Waals surface area contributed by atoms with Gasteiger partial charge in [-0.3, -0.25) is 0 Å². The summed E-state index contributed by atoms with van der Waals surface area (Å²) in [4.78, 5) is 15.5. The van der Waals surface area contributed by atoms with Crippen LogP contribution in [0.4, 0.5) is 0 Å². The quantitative estimate of drug-likeness (QED) is 0.185. The van der Waals surface area contributed by atoms with Gasteiger partial charge < -0.3 is 4.57 Å². The Bertz CT molecular complexity index is 2750. The van der Waals surface area contributed by atoms with E-state index in [1.807, 2.05) is 47.7 Å². The first-order valence-corrected chi connectivity index (χ1v) is 17.5. The summed E-state index contributed by atoms with van der Waals surface area (Å²) < 4.78 is 4.78. The smallest absolute Gasteiger partial charge is 0.165 e. The predicted molar refractivity (Wildman–Crippen MR) is 209 cm³/mol. The lowest BCUT2D eigenvalue weighted by Crippen LogP contribution is -2.01. The zero-order valence-corrected chi connectivity index (χ0v) is 27.7. The third-order valence-electron chi connectivity index (χ3n) is 9.45. The van der Waals surface area contributed by atoms with Gasteiger partial charge in [0.2, 0.25) is 0 Å². The van der Waals surface area contributed by atoms with Crippen LogP contribution in [0.3, 0.4) is 0 Å². The summed E-state index contributed by atoms with van der Waals surface area (Å²) in [6.07, 6.45) is 0. The lowest BCUT2D eigenvalue weighted by atomic mass is 10.0. The van der Waals surface area contributed by atoms with Gasteiger partial charge in [0.1, 0.15) is 0 Å². The number of thiophene rings is 1. The molecule has 0 radical (unpaired) electrons. The summed E-state index contributed by atoms with van der Waals surface area (Å²) in [6, 6.07) is 59.6. The highest BCUT2D eigenvalue weighted by Crippen LogP contribution is 2.45. The Morgan fingerprint density at radius 1 is 0.360 bits per heavy atom. The van der Waals surface area contributed by atoms with Crippen molar-refractivity contribution in [2.24, 2.45) is 0 Å². The van der Waals surface area contributed by atoms with Gasteiger partial charge in [0, 0.05) is 53.3 Å². The fraction of sp³-hybridized carbons (Fsp3) is 0. The summed E-state index contributed by atoms with van der Waals surface area (Å²) in [5, 5.41) is 4.85. The van der Waals surface area contributed by atoms with Gasteiger partial charge >= 0.3 is 0 Å². The molecule has 3 heterocycles. The van der Waals surface area contributed by atoms with Crippen LogP contribution in [-0.4, -0.2) is 19.5 Å². The summed E-state index contributed by atoms with van der Waals surface area (Å²) in [6.45, 7) is 0. The Morgan fingerprint density at radius 2 is 0.840 bits per heavy atom. The third-order valence-corrected chi connectivity index (χ3v) is 10.7. The minimum absolute atomic E-state index is 0.649. The number of hydrogen-bond acceptors (Lipinski definition) is 4. The molecule has 10 rings (SSSR count). The van der Waals surface area contributed by atoms with Crippen LogP contribution in [-0.2, 0) is 0 Å². The van der Waals surface area contributed by atoms with Crippen LogP contribution in [0.5, 0.6) is 0 Å². The van der Waals surface area contributed by atoms with Crippen LogP contribution in [0, 0.1) is 0 Å². The van der Waals surface area contributed by atoms with Crippen LogP contribution in [0.15, 0.2) is 170 Å². The van der Waals surface area contributed by atoms with Crippen molar-refractivity contribution in [1.82, 2.24) is 19.5 Å². The highest BCUT2D eigenvalue weighted by Gasteiger charge is 2.21. The monoisotopic (exact) mass is 656 g/mol. The average Bonchev–Trinajstić information content (AvgIpc) is 3.74. The molecule has 0 N–H and O–H groups in total. The van der Waals surface area contributed by atoms with Gasteiger partial charge in [0.15, 0.2) is 17.5 Å². The lowest BCUT2D eigenvalue weighted by Gasteiger charge is -2.13. The summed E-state index contributed by atoms with van der Waals surface area (Å²) >= 11 is 1.81. The second kappa shape index (κ2) is 11.6. The first-order valence-electron chi connectivity index (χ1n) is 16.7. The summed E-state index contributed by atoms with van der Waals surface area (Å²) in [5.74, 6) is 1.95. The SMILES string of the molecule is c1ccc(-c2nc(-c3ccccc3)nc(-c3cc(-n4c5ccccc5c5ccccc54)cc4c3sc3c(-c5ccccc5)cccc34)n2)cc1. The zero-order chi connectivity index (χ0) is 33.0. The number of aromatic nitrogens is 4. The maximum atomic E-state index is 5.22. The number of fused-ring (bicyclic) bond motifs is 6. The fourth-order valence-corrected chi connectivity index (χ4v) is 8.48. The van der Waals surface area contributed by atoms with Gasteiger partial charge in [-0.25, -0.2) is 15.0 Å². The molecule has 234 valence electrons. The average molecular weight is 657 g/mol. The molecule has 0 aliphatic rings. The fourth-order valence-electron chi connectivity index (χ4n) is 7.15. The molecule has 0 amide bonds. The molecule has 0 fully saturated rings. The van der Waals surface area contributed by atoms with Crippen molar-refractivity contribution in [2.45, 2.75) is 0 Å². The molecular weight excluding hydrogens is 629 g/mol. The van der Waals surface area contributed by atoms with E-state index in [1.165, 1.54) is 37.4 Å². The number of para-hydroxylation sites is 2. The molecule has 0 saturated heterocycles. The van der Waals surface area contributed by atoms with Crippen LogP contribution < -0.4 is 0 Å². The van der Waals surface area contributed by atoms with E-state index in [-0.39, 0.29) is 0 Å². The van der Waals surface area contributed by atoms with Crippen LogP contribution in [0.1, 0.15) is 0 Å². The van der Waals surface area contributed by atoms with Crippen LogP contribution in [0.2, 0.25) is 0 Å². The van der Waals surface area contributed by atoms with Gasteiger partial charge in [-0.05, 0) is 35.4 Å². The molecule has 0 unspecified atom stereocenters. The van der Waals surface area contributed by atoms with E-state index in [2.05, 4.69) is 138 Å². The minimum Gasteiger partial charge on any atom is -0.309 e. The molecule has 10 aromatic rings. The number of rotatable bonds is 5. The van der Waals surface area contributed by atoms with Crippen molar-refractivity contribution in [3.63, 3.8) is 0 Å². The Balaban J connectivity index is 1.33. The third kappa shape index (κ3) is 4.63. The maximum absolute atomic E-state index is 5.22. The molecule has 5 heteroatoms. The highest BCUT2D eigenvalue weighted by atomic mass is 32.1. The Hall–Kier alpha value is -6.43. The van der Waals surface area contributed by atoms with Crippen LogP contribution in [0.25, 0.3) is 93.0 Å². The standard InChI is InChI=1S/C45H28N4S/c1-4-15-29(16-5-1)33-23-14-24-36-37-27-32(49-39-25-12-10-21-34(39)35-22-11-13-26-40(35)49)28-38(42(37)50-41(33)36)45-47-43(30-17-6-2-7-18-30)46-44(48-45)31-19-8-3-9-20-31/h1-28H. The molecule has 0 spiro atoms. The molecule has 0 aliphatic carbocycles. The molecule has 0 bridgehead atoms. The lowest BCUT2D eigenvalue weighted by molar-refractivity contribution is 1.07. The molecule has 4 nitrogen and oxygen atoms in total. The van der Waals surface area contributed by atoms with Crippen molar-refractivity contribution >= 4 is 53.3 Å². The summed E-state index contributed by atoms with van der Waals surface area (Å²) in [7, 11) is 0. The Labute approximate surface area is 292 Å². The number of hydrogen-bond donors (Lipinski definition) is 0. The molecule has 0 aliphatic heterocycles. The molecule has 3 aromatic heterocycles. The molecule has 7 aromatic carbocycles. The van der Waals surface area contributed by atoms with E-state index in [9.17, 15) is 0 Å². The molecule has 0 atom stereocenters. The first-order chi connectivity index (χ1) is 24.8. The normalized spacial score (nSPS) is 11.6. The van der Waals surface area contributed by atoms with Crippen molar-refractivity contribution in [1.29, 1.82) is 0 Å². The Kier molecular flexibility index (Phi) is 6.64. The second-order valence-corrected chi connectivity index (χ2v) is 13.4. The molecular formula is C45H28N4S. The first kappa shape index (κ1) is 28.6. The van der Waals surface area contributed by atoms with Crippen LogP contribution >= 0.6 is 11.3 Å². The highest BCUT2D eigenvalue weighted by molar-refractivity contribution is 7.26. The van der Waals surface area contributed by atoms with Crippen molar-refractivity contribution < 1.29 is 0 Å². The second-order valence-electron chi connectivity index (χ2n) is 12.4. The van der Waals surface area contributed by atoms with E-state index in [4.69, 9.17) is 15.0 Å². The summed E-state index contributed by atoms with van der Waals surface area (Å²) in [5.41, 5.74) is 8.69.